The zero-order chi connectivity index (χ0) is 14.5. The number of hydrogen-bond donors (Lipinski definition) is 0. The van der Waals surface area contributed by atoms with Crippen LogP contribution >= 0.6 is 0 Å². The van der Waals surface area contributed by atoms with Crippen LogP contribution in [0.5, 0.6) is 0 Å². The summed E-state index contributed by atoms with van der Waals surface area (Å²) in [7, 11) is 1.27. The number of carbonyl (C=O) groups excluding carboxylic acids is 2. The Balaban J connectivity index is 2.07. The highest BCUT2D eigenvalue weighted by molar-refractivity contribution is 5.96. The molecule has 0 N–H and O–H groups in total. The minimum absolute atomic E-state index is 0.0372. The molecule has 1 heterocycles. The molecule has 2 aromatic rings. The van der Waals surface area contributed by atoms with Gasteiger partial charge in [-0.1, -0.05) is 36.4 Å². The Bertz CT molecular complexity index is 617. The second kappa shape index (κ2) is 6.10. The third-order valence-electron chi connectivity index (χ3n) is 2.92. The van der Waals surface area contributed by atoms with Crippen molar-refractivity contribution in [3.63, 3.8) is 0 Å². The van der Waals surface area contributed by atoms with Crippen molar-refractivity contribution >= 4 is 11.8 Å². The monoisotopic (exact) mass is 273 g/mol. The molecular weight excluding hydrogens is 258 g/mol. The van der Waals surface area contributed by atoms with Gasteiger partial charge in [0.05, 0.1) is 13.3 Å². The Labute approximate surface area is 116 Å². The highest BCUT2D eigenvalue weighted by Crippen LogP contribution is 2.07. The van der Waals surface area contributed by atoms with Crippen molar-refractivity contribution in [1.29, 1.82) is 0 Å². The number of aryl methyl sites for hydroxylation is 1. The Morgan fingerprint density at radius 1 is 1.25 bits per heavy atom. The van der Waals surface area contributed by atoms with E-state index in [1.165, 1.54) is 23.6 Å². The normalized spacial score (nSPS) is 10.3. The first kappa shape index (κ1) is 13.9. The summed E-state index contributed by atoms with van der Waals surface area (Å²) in [6.07, 6.45) is 2.32. The van der Waals surface area contributed by atoms with Gasteiger partial charge in [0.1, 0.15) is 6.54 Å². The molecule has 2 rings (SSSR count). The summed E-state index contributed by atoms with van der Waals surface area (Å²) >= 11 is 0. The van der Waals surface area contributed by atoms with Crippen molar-refractivity contribution in [3.8, 4) is 0 Å². The van der Waals surface area contributed by atoms with Gasteiger partial charge in [0.2, 0.25) is 0 Å². The molecule has 0 aliphatic heterocycles. The average molecular weight is 273 g/mol. The summed E-state index contributed by atoms with van der Waals surface area (Å²) in [5.74, 6) is -0.662. The van der Waals surface area contributed by atoms with E-state index in [0.717, 1.165) is 6.42 Å². The predicted octanol–water partition coefficient (Wildman–Crippen LogP) is 1.51. The number of carbonyl (C=O) groups is 2. The maximum Gasteiger partial charge on any atom is 0.360 e. The van der Waals surface area contributed by atoms with E-state index >= 15 is 0 Å². The lowest BCUT2D eigenvalue weighted by Crippen LogP contribution is -2.11. The number of ketones is 1. The van der Waals surface area contributed by atoms with Crippen LogP contribution in [0.4, 0.5) is 0 Å². The van der Waals surface area contributed by atoms with Crippen LogP contribution in [0.1, 0.15) is 33.3 Å². The van der Waals surface area contributed by atoms with Crippen LogP contribution in [0.25, 0.3) is 0 Å². The van der Waals surface area contributed by atoms with Crippen molar-refractivity contribution in [1.82, 2.24) is 15.0 Å². The molecule has 1 aromatic heterocycles. The molecule has 0 saturated carbocycles. The molecule has 0 aliphatic carbocycles. The molecule has 6 nitrogen and oxygen atoms in total. The molecule has 0 spiro atoms. The van der Waals surface area contributed by atoms with Gasteiger partial charge in [-0.15, -0.1) is 5.10 Å². The summed E-state index contributed by atoms with van der Waals surface area (Å²) in [5.41, 5.74) is 1.87. The maximum absolute atomic E-state index is 12.1. The lowest BCUT2D eigenvalue weighted by molar-refractivity contribution is 0.0593. The topological polar surface area (TPSA) is 74.1 Å². The fraction of sp³-hybridized carbons (Fsp3) is 0.286. The first-order valence-corrected chi connectivity index (χ1v) is 6.24. The molecule has 104 valence electrons. The van der Waals surface area contributed by atoms with E-state index in [2.05, 4.69) is 22.0 Å². The molecule has 0 aliphatic rings. The van der Waals surface area contributed by atoms with E-state index in [0.29, 0.717) is 5.56 Å². The zero-order valence-corrected chi connectivity index (χ0v) is 11.4. The van der Waals surface area contributed by atoms with E-state index in [1.807, 2.05) is 12.1 Å². The summed E-state index contributed by atoms with van der Waals surface area (Å²) < 4.78 is 5.85. The Kier molecular flexibility index (Phi) is 4.24. The van der Waals surface area contributed by atoms with Crippen LogP contribution in [0.3, 0.4) is 0 Å². The molecule has 0 unspecified atom stereocenters. The largest absolute Gasteiger partial charge is 0.464 e. The highest BCUT2D eigenvalue weighted by atomic mass is 16.5. The summed E-state index contributed by atoms with van der Waals surface area (Å²) in [6.45, 7) is 2.09. The number of rotatable bonds is 5. The third kappa shape index (κ3) is 3.09. The first-order chi connectivity index (χ1) is 9.63. The quantitative estimate of drug-likeness (QED) is 0.610. The molecule has 0 radical (unpaired) electrons. The van der Waals surface area contributed by atoms with Crippen molar-refractivity contribution in [2.45, 2.75) is 19.9 Å². The number of aromatic nitrogens is 3. The summed E-state index contributed by atoms with van der Waals surface area (Å²) in [5, 5.41) is 7.38. The number of methoxy groups -OCH3 is 1. The Morgan fingerprint density at radius 3 is 2.55 bits per heavy atom. The van der Waals surface area contributed by atoms with Gasteiger partial charge in [0.15, 0.2) is 11.5 Å². The van der Waals surface area contributed by atoms with Crippen molar-refractivity contribution in [2.24, 2.45) is 0 Å². The van der Waals surface area contributed by atoms with Gasteiger partial charge in [-0.25, -0.2) is 9.48 Å². The van der Waals surface area contributed by atoms with Gasteiger partial charge < -0.3 is 4.74 Å². The second-order valence-electron chi connectivity index (χ2n) is 4.27. The predicted molar refractivity (Wildman–Crippen MR) is 71.5 cm³/mol. The fourth-order valence-electron chi connectivity index (χ4n) is 1.74. The van der Waals surface area contributed by atoms with E-state index in [1.54, 1.807) is 12.1 Å². The van der Waals surface area contributed by atoms with Gasteiger partial charge in [-0.3, -0.25) is 4.79 Å². The minimum atomic E-state index is -0.573. The molecule has 6 heteroatoms. The van der Waals surface area contributed by atoms with Crippen LogP contribution in [0.2, 0.25) is 0 Å². The van der Waals surface area contributed by atoms with Crippen LogP contribution < -0.4 is 0 Å². The van der Waals surface area contributed by atoms with Gasteiger partial charge in [0.25, 0.3) is 0 Å². The maximum atomic E-state index is 12.1. The van der Waals surface area contributed by atoms with Crippen LogP contribution in [-0.4, -0.2) is 33.9 Å². The zero-order valence-electron chi connectivity index (χ0n) is 11.4. The molecule has 1 aromatic carbocycles. The van der Waals surface area contributed by atoms with Gasteiger partial charge >= 0.3 is 5.97 Å². The fourth-order valence-corrected chi connectivity index (χ4v) is 1.74. The Morgan fingerprint density at radius 2 is 1.95 bits per heavy atom. The van der Waals surface area contributed by atoms with E-state index in [4.69, 9.17) is 0 Å². The summed E-state index contributed by atoms with van der Waals surface area (Å²) in [6, 6.07) is 7.43. The van der Waals surface area contributed by atoms with Crippen molar-refractivity contribution in [3.05, 3.63) is 47.3 Å². The molecule has 0 atom stereocenters. The number of benzene rings is 1. The van der Waals surface area contributed by atoms with Gasteiger partial charge in [-0.2, -0.15) is 0 Å². The average Bonchev–Trinajstić information content (AvgIpc) is 2.95. The molecule has 0 saturated heterocycles. The van der Waals surface area contributed by atoms with Crippen LogP contribution in [0.15, 0.2) is 30.5 Å². The molecule has 20 heavy (non-hydrogen) atoms. The molecular formula is C14H15N3O3. The molecule has 0 amide bonds. The molecule has 0 fully saturated rings. The number of esters is 1. The van der Waals surface area contributed by atoms with E-state index in [-0.39, 0.29) is 18.0 Å². The minimum Gasteiger partial charge on any atom is -0.464 e. The third-order valence-corrected chi connectivity index (χ3v) is 2.92. The highest BCUT2D eigenvalue weighted by Gasteiger charge is 2.13. The van der Waals surface area contributed by atoms with Gasteiger partial charge in [0, 0.05) is 5.56 Å². The Hall–Kier alpha value is -2.50. The summed E-state index contributed by atoms with van der Waals surface area (Å²) in [4.78, 5) is 23.3. The first-order valence-electron chi connectivity index (χ1n) is 6.24. The lowest BCUT2D eigenvalue weighted by atomic mass is 10.1. The van der Waals surface area contributed by atoms with Crippen molar-refractivity contribution < 1.29 is 14.3 Å². The van der Waals surface area contributed by atoms with Crippen molar-refractivity contribution in [2.75, 3.05) is 7.11 Å². The van der Waals surface area contributed by atoms with E-state index < -0.39 is 5.97 Å². The number of nitrogens with zero attached hydrogens (tertiary/aromatic N) is 3. The van der Waals surface area contributed by atoms with E-state index in [9.17, 15) is 9.59 Å². The smallest absolute Gasteiger partial charge is 0.360 e. The van der Waals surface area contributed by atoms with Gasteiger partial charge in [-0.05, 0) is 12.0 Å². The number of ether oxygens (including phenoxy) is 1. The second-order valence-corrected chi connectivity index (χ2v) is 4.27. The van der Waals surface area contributed by atoms with Crippen LogP contribution in [-0.2, 0) is 17.7 Å². The standard InChI is InChI=1S/C14H15N3O3/c1-3-10-4-6-11(7-5-10)13(18)9-17-8-12(15-16-17)14(19)20-2/h4-8H,3,9H2,1-2H3. The molecule has 0 bridgehead atoms. The SMILES string of the molecule is CCc1ccc(C(=O)Cn2cc(C(=O)OC)nn2)cc1. The van der Waals surface area contributed by atoms with Crippen LogP contribution in [0, 0.1) is 0 Å². The number of Topliss-reactive ketones (excluding diaryl/α,β-unsaturated/α-hetero) is 1. The number of hydrogen-bond acceptors (Lipinski definition) is 5. The lowest BCUT2D eigenvalue weighted by Gasteiger charge is -2.02.